The highest BCUT2D eigenvalue weighted by atomic mass is 32.2. The Morgan fingerprint density at radius 1 is 1.14 bits per heavy atom. The zero-order valence-corrected chi connectivity index (χ0v) is 13.0. The quantitative estimate of drug-likeness (QED) is 0.874. The number of aromatic nitrogens is 1. The van der Waals surface area contributed by atoms with Gasteiger partial charge in [0, 0.05) is 24.7 Å². The largest absolute Gasteiger partial charge is 0.356 e. The van der Waals surface area contributed by atoms with Crippen LogP contribution in [0.1, 0.15) is 24.1 Å². The number of sulfonamides is 1. The molecule has 0 saturated carbocycles. The highest BCUT2D eigenvalue weighted by molar-refractivity contribution is 7.89. The van der Waals surface area contributed by atoms with E-state index in [1.165, 1.54) is 0 Å². The molecule has 0 unspecified atom stereocenters. The van der Waals surface area contributed by atoms with Crippen LogP contribution >= 0.6 is 0 Å². The minimum atomic E-state index is -3.42. The van der Waals surface area contributed by atoms with Gasteiger partial charge in [-0.05, 0) is 38.3 Å². The molecule has 112 valence electrons. The molecule has 0 bridgehead atoms. The Kier molecular flexibility index (Phi) is 3.59. The van der Waals surface area contributed by atoms with Crippen molar-refractivity contribution in [3.63, 3.8) is 0 Å². The van der Waals surface area contributed by atoms with E-state index in [2.05, 4.69) is 5.16 Å². The lowest BCUT2D eigenvalue weighted by Gasteiger charge is -2.17. The van der Waals surface area contributed by atoms with Gasteiger partial charge in [0.2, 0.25) is 10.0 Å². The van der Waals surface area contributed by atoms with E-state index in [9.17, 15) is 8.42 Å². The molecular weight excluding hydrogens is 288 g/mol. The summed E-state index contributed by atoms with van der Waals surface area (Å²) in [6.07, 6.45) is 1.86. The summed E-state index contributed by atoms with van der Waals surface area (Å²) in [6, 6.07) is 7.16. The van der Waals surface area contributed by atoms with Gasteiger partial charge in [-0.3, -0.25) is 0 Å². The van der Waals surface area contributed by atoms with E-state index in [1.54, 1.807) is 16.4 Å². The Morgan fingerprint density at radius 2 is 1.86 bits per heavy atom. The first kappa shape index (κ1) is 14.3. The zero-order chi connectivity index (χ0) is 15.0. The van der Waals surface area contributed by atoms with E-state index < -0.39 is 10.0 Å². The SMILES string of the molecule is Cc1cc(-c2ccc(C)c(S(=O)(=O)N3CCCC3)c2)on1. The first-order valence-electron chi connectivity index (χ1n) is 7.03. The van der Waals surface area contributed by atoms with Crippen molar-refractivity contribution in [3.05, 3.63) is 35.5 Å². The summed E-state index contributed by atoms with van der Waals surface area (Å²) in [7, 11) is -3.42. The molecule has 0 spiro atoms. The van der Waals surface area contributed by atoms with Crippen LogP contribution < -0.4 is 0 Å². The number of hydrogen-bond acceptors (Lipinski definition) is 4. The second kappa shape index (κ2) is 5.27. The molecule has 0 amide bonds. The van der Waals surface area contributed by atoms with Crippen LogP contribution in [-0.4, -0.2) is 31.0 Å². The lowest BCUT2D eigenvalue weighted by molar-refractivity contribution is 0.427. The fourth-order valence-electron chi connectivity index (χ4n) is 2.60. The average Bonchev–Trinajstić information content (AvgIpc) is 3.10. The molecule has 0 radical (unpaired) electrons. The number of hydrogen-bond donors (Lipinski definition) is 0. The van der Waals surface area contributed by atoms with E-state index >= 15 is 0 Å². The van der Waals surface area contributed by atoms with Gasteiger partial charge in [-0.1, -0.05) is 17.3 Å². The molecule has 1 fully saturated rings. The van der Waals surface area contributed by atoms with Crippen molar-refractivity contribution in [2.75, 3.05) is 13.1 Å². The number of nitrogens with zero attached hydrogens (tertiary/aromatic N) is 2. The summed E-state index contributed by atoms with van der Waals surface area (Å²) in [5.74, 6) is 0.588. The van der Waals surface area contributed by atoms with Gasteiger partial charge in [-0.15, -0.1) is 0 Å². The molecule has 5 nitrogen and oxygen atoms in total. The molecule has 1 saturated heterocycles. The molecule has 2 aromatic rings. The molecule has 1 aliphatic rings. The maximum atomic E-state index is 12.7. The first-order valence-corrected chi connectivity index (χ1v) is 8.47. The normalized spacial score (nSPS) is 16.5. The average molecular weight is 306 g/mol. The summed E-state index contributed by atoms with van der Waals surface area (Å²) in [5.41, 5.74) is 2.26. The maximum absolute atomic E-state index is 12.7. The van der Waals surface area contributed by atoms with Crippen LogP contribution in [-0.2, 0) is 10.0 Å². The highest BCUT2D eigenvalue weighted by Crippen LogP contribution is 2.29. The zero-order valence-electron chi connectivity index (χ0n) is 12.2. The Hall–Kier alpha value is -1.66. The molecule has 0 N–H and O–H groups in total. The van der Waals surface area contributed by atoms with Crippen LogP contribution in [0.3, 0.4) is 0 Å². The van der Waals surface area contributed by atoms with Gasteiger partial charge in [-0.2, -0.15) is 4.31 Å². The Morgan fingerprint density at radius 3 is 2.48 bits per heavy atom. The summed E-state index contributed by atoms with van der Waals surface area (Å²) in [4.78, 5) is 0.357. The molecule has 0 atom stereocenters. The van der Waals surface area contributed by atoms with Crippen molar-refractivity contribution in [1.29, 1.82) is 0 Å². The maximum Gasteiger partial charge on any atom is 0.243 e. The van der Waals surface area contributed by atoms with Crippen LogP contribution in [0, 0.1) is 13.8 Å². The van der Waals surface area contributed by atoms with Crippen molar-refractivity contribution in [1.82, 2.24) is 9.46 Å². The predicted octanol–water partition coefficient (Wildman–Crippen LogP) is 2.74. The van der Waals surface area contributed by atoms with E-state index in [4.69, 9.17) is 4.52 Å². The fraction of sp³-hybridized carbons (Fsp3) is 0.400. The van der Waals surface area contributed by atoms with Gasteiger partial charge in [0.25, 0.3) is 0 Å². The number of rotatable bonds is 3. The van der Waals surface area contributed by atoms with Crippen LogP contribution in [0.2, 0.25) is 0 Å². The smallest absolute Gasteiger partial charge is 0.243 e. The van der Waals surface area contributed by atoms with Crippen LogP contribution in [0.5, 0.6) is 0 Å². The molecule has 2 heterocycles. The van der Waals surface area contributed by atoms with Crippen molar-refractivity contribution >= 4 is 10.0 Å². The Bertz CT molecular complexity index is 759. The molecule has 1 aromatic carbocycles. The summed E-state index contributed by atoms with van der Waals surface area (Å²) in [5, 5.41) is 3.85. The topological polar surface area (TPSA) is 63.4 Å². The minimum Gasteiger partial charge on any atom is -0.356 e. The molecule has 1 aromatic heterocycles. The third kappa shape index (κ3) is 2.61. The van der Waals surface area contributed by atoms with Crippen molar-refractivity contribution < 1.29 is 12.9 Å². The van der Waals surface area contributed by atoms with Crippen molar-refractivity contribution in [2.45, 2.75) is 31.6 Å². The minimum absolute atomic E-state index is 0.357. The van der Waals surface area contributed by atoms with Crippen molar-refractivity contribution in [3.8, 4) is 11.3 Å². The van der Waals surface area contributed by atoms with E-state index in [0.717, 1.165) is 29.7 Å². The van der Waals surface area contributed by atoms with Gasteiger partial charge < -0.3 is 4.52 Å². The third-order valence-corrected chi connectivity index (χ3v) is 5.82. The third-order valence-electron chi connectivity index (χ3n) is 3.78. The predicted molar refractivity (Wildman–Crippen MR) is 79.4 cm³/mol. The van der Waals surface area contributed by atoms with Crippen molar-refractivity contribution in [2.24, 2.45) is 0 Å². The lowest BCUT2D eigenvalue weighted by atomic mass is 10.1. The second-order valence-electron chi connectivity index (χ2n) is 5.42. The molecule has 21 heavy (non-hydrogen) atoms. The molecule has 3 rings (SSSR count). The van der Waals surface area contributed by atoms with Gasteiger partial charge in [-0.25, -0.2) is 8.42 Å². The summed E-state index contributed by atoms with van der Waals surface area (Å²) < 4.78 is 32.2. The van der Waals surface area contributed by atoms with E-state index in [-0.39, 0.29) is 0 Å². The molecule has 0 aliphatic carbocycles. The first-order chi connectivity index (χ1) is 9.98. The van der Waals surface area contributed by atoms with Gasteiger partial charge in [0.05, 0.1) is 10.6 Å². The Balaban J connectivity index is 2.06. The Labute approximate surface area is 124 Å². The monoisotopic (exact) mass is 306 g/mol. The number of aryl methyl sites for hydroxylation is 2. The molecule has 1 aliphatic heterocycles. The molecular formula is C15H18N2O3S. The summed E-state index contributed by atoms with van der Waals surface area (Å²) in [6.45, 7) is 4.86. The lowest BCUT2D eigenvalue weighted by Crippen LogP contribution is -2.28. The highest BCUT2D eigenvalue weighted by Gasteiger charge is 2.28. The van der Waals surface area contributed by atoms with Crippen LogP contribution in [0.4, 0.5) is 0 Å². The van der Waals surface area contributed by atoms with E-state index in [1.807, 2.05) is 26.0 Å². The fourth-order valence-corrected chi connectivity index (χ4v) is 4.37. The van der Waals surface area contributed by atoms with Gasteiger partial charge in [0.1, 0.15) is 0 Å². The van der Waals surface area contributed by atoms with Gasteiger partial charge in [0.15, 0.2) is 5.76 Å². The standard InChI is InChI=1S/C15H18N2O3S/c1-11-5-6-13(14-9-12(2)16-20-14)10-15(11)21(18,19)17-7-3-4-8-17/h5-6,9-10H,3-4,7-8H2,1-2H3. The van der Waals surface area contributed by atoms with Crippen LogP contribution in [0.25, 0.3) is 11.3 Å². The number of benzene rings is 1. The van der Waals surface area contributed by atoms with E-state index in [0.29, 0.717) is 23.7 Å². The molecule has 6 heteroatoms. The second-order valence-corrected chi connectivity index (χ2v) is 7.33. The summed E-state index contributed by atoms with van der Waals surface area (Å²) >= 11 is 0. The van der Waals surface area contributed by atoms with Gasteiger partial charge >= 0.3 is 0 Å². The van der Waals surface area contributed by atoms with Crippen LogP contribution in [0.15, 0.2) is 33.7 Å².